The van der Waals surface area contributed by atoms with Crippen LogP contribution in [0.15, 0.2) is 0 Å². The standard InChI is InChI=1S/C11H23NO3/c1-9(11(2,3)14)15-10(13)7-6-8-12(4)5/h9,14H,6-8H2,1-5H3. The first-order valence-electron chi connectivity index (χ1n) is 5.30. The topological polar surface area (TPSA) is 49.8 Å². The van der Waals surface area contributed by atoms with Crippen LogP contribution in [0, 0.1) is 0 Å². The van der Waals surface area contributed by atoms with E-state index < -0.39 is 11.7 Å². The molecule has 0 radical (unpaired) electrons. The van der Waals surface area contributed by atoms with Gasteiger partial charge in [-0.15, -0.1) is 0 Å². The van der Waals surface area contributed by atoms with Crippen LogP contribution in [0.5, 0.6) is 0 Å². The highest BCUT2D eigenvalue weighted by Gasteiger charge is 2.25. The van der Waals surface area contributed by atoms with Crippen molar-refractivity contribution in [3.63, 3.8) is 0 Å². The monoisotopic (exact) mass is 217 g/mol. The third-order valence-corrected chi connectivity index (χ3v) is 2.29. The van der Waals surface area contributed by atoms with E-state index in [-0.39, 0.29) is 5.97 Å². The van der Waals surface area contributed by atoms with Crippen molar-refractivity contribution in [3.05, 3.63) is 0 Å². The number of esters is 1. The summed E-state index contributed by atoms with van der Waals surface area (Å²) in [7, 11) is 3.93. The fourth-order valence-corrected chi connectivity index (χ4v) is 0.940. The zero-order valence-electron chi connectivity index (χ0n) is 10.4. The van der Waals surface area contributed by atoms with E-state index in [4.69, 9.17) is 4.74 Å². The van der Waals surface area contributed by atoms with Crippen LogP contribution < -0.4 is 0 Å². The van der Waals surface area contributed by atoms with Crippen LogP contribution in [-0.4, -0.2) is 48.3 Å². The van der Waals surface area contributed by atoms with Crippen molar-refractivity contribution in [1.29, 1.82) is 0 Å². The van der Waals surface area contributed by atoms with Gasteiger partial charge in [-0.25, -0.2) is 0 Å². The highest BCUT2D eigenvalue weighted by atomic mass is 16.6. The molecular weight excluding hydrogens is 194 g/mol. The Hall–Kier alpha value is -0.610. The minimum absolute atomic E-state index is 0.244. The number of rotatable bonds is 6. The highest BCUT2D eigenvalue weighted by Crippen LogP contribution is 2.12. The van der Waals surface area contributed by atoms with E-state index in [9.17, 15) is 9.90 Å². The molecule has 0 aliphatic carbocycles. The molecule has 0 aromatic heterocycles. The zero-order valence-corrected chi connectivity index (χ0v) is 10.4. The Morgan fingerprint density at radius 1 is 1.47 bits per heavy atom. The van der Waals surface area contributed by atoms with E-state index in [0.717, 1.165) is 13.0 Å². The molecule has 0 heterocycles. The second kappa shape index (κ2) is 6.08. The molecule has 4 heteroatoms. The molecule has 90 valence electrons. The Morgan fingerprint density at radius 3 is 2.40 bits per heavy atom. The summed E-state index contributed by atoms with van der Waals surface area (Å²) < 4.78 is 5.09. The largest absolute Gasteiger partial charge is 0.460 e. The SMILES string of the molecule is CC(OC(=O)CCCN(C)C)C(C)(C)O. The fourth-order valence-electron chi connectivity index (χ4n) is 0.940. The van der Waals surface area contributed by atoms with E-state index in [1.165, 1.54) is 0 Å². The lowest BCUT2D eigenvalue weighted by molar-refractivity contribution is -0.160. The molecule has 0 rings (SSSR count). The fraction of sp³-hybridized carbons (Fsp3) is 0.909. The summed E-state index contributed by atoms with van der Waals surface area (Å²) in [6.45, 7) is 5.82. The van der Waals surface area contributed by atoms with Crippen LogP contribution in [0.4, 0.5) is 0 Å². The van der Waals surface area contributed by atoms with Gasteiger partial charge in [0.1, 0.15) is 6.10 Å². The maximum absolute atomic E-state index is 11.3. The molecule has 4 nitrogen and oxygen atoms in total. The van der Waals surface area contributed by atoms with Crippen molar-refractivity contribution in [2.75, 3.05) is 20.6 Å². The maximum Gasteiger partial charge on any atom is 0.306 e. The first kappa shape index (κ1) is 14.4. The Labute approximate surface area is 92.2 Å². The number of hydrogen-bond donors (Lipinski definition) is 1. The molecular formula is C11H23NO3. The minimum atomic E-state index is -0.975. The van der Waals surface area contributed by atoms with Gasteiger partial charge in [0.15, 0.2) is 0 Å². The minimum Gasteiger partial charge on any atom is -0.460 e. The van der Waals surface area contributed by atoms with Gasteiger partial charge >= 0.3 is 5.97 Å². The summed E-state index contributed by atoms with van der Waals surface area (Å²) in [4.78, 5) is 13.4. The highest BCUT2D eigenvalue weighted by molar-refractivity contribution is 5.69. The summed E-state index contributed by atoms with van der Waals surface area (Å²) in [6.07, 6.45) is 0.715. The Balaban J connectivity index is 3.75. The van der Waals surface area contributed by atoms with Crippen LogP contribution in [0.2, 0.25) is 0 Å². The zero-order chi connectivity index (χ0) is 12.1. The molecule has 0 aliphatic rings. The lowest BCUT2D eigenvalue weighted by Gasteiger charge is -2.25. The Morgan fingerprint density at radius 2 is 2.00 bits per heavy atom. The second-order valence-electron chi connectivity index (χ2n) is 4.69. The first-order chi connectivity index (χ1) is 6.73. The molecule has 0 spiro atoms. The van der Waals surface area contributed by atoms with Gasteiger partial charge in [-0.1, -0.05) is 0 Å². The van der Waals surface area contributed by atoms with Gasteiger partial charge in [0.2, 0.25) is 0 Å². The van der Waals surface area contributed by atoms with Gasteiger partial charge in [0.05, 0.1) is 5.60 Å². The number of ether oxygens (including phenoxy) is 1. The van der Waals surface area contributed by atoms with Gasteiger partial charge in [-0.3, -0.25) is 4.79 Å². The third kappa shape index (κ3) is 7.33. The van der Waals surface area contributed by atoms with E-state index in [0.29, 0.717) is 6.42 Å². The Kier molecular flexibility index (Phi) is 5.83. The molecule has 0 fully saturated rings. The van der Waals surface area contributed by atoms with E-state index in [2.05, 4.69) is 0 Å². The van der Waals surface area contributed by atoms with Crippen LogP contribution in [0.1, 0.15) is 33.6 Å². The van der Waals surface area contributed by atoms with Gasteiger partial charge in [0, 0.05) is 6.42 Å². The summed E-state index contributed by atoms with van der Waals surface area (Å²) in [5, 5.41) is 9.56. The number of hydrogen-bond acceptors (Lipinski definition) is 4. The molecule has 1 N–H and O–H groups in total. The van der Waals surface area contributed by atoms with Crippen molar-refractivity contribution in [2.45, 2.75) is 45.3 Å². The summed E-state index contributed by atoms with van der Waals surface area (Å²) in [6, 6.07) is 0. The lowest BCUT2D eigenvalue weighted by Crippen LogP contribution is -2.37. The van der Waals surface area contributed by atoms with Crippen LogP contribution in [-0.2, 0) is 9.53 Å². The summed E-state index contributed by atoms with van der Waals surface area (Å²) >= 11 is 0. The summed E-state index contributed by atoms with van der Waals surface area (Å²) in [5.74, 6) is -0.244. The number of nitrogens with zero attached hydrogens (tertiary/aromatic N) is 1. The van der Waals surface area contributed by atoms with Gasteiger partial charge in [0.25, 0.3) is 0 Å². The van der Waals surface area contributed by atoms with Crippen LogP contribution in [0.25, 0.3) is 0 Å². The molecule has 1 unspecified atom stereocenters. The van der Waals surface area contributed by atoms with Gasteiger partial charge in [-0.05, 0) is 47.8 Å². The second-order valence-corrected chi connectivity index (χ2v) is 4.69. The molecule has 0 amide bonds. The molecule has 0 saturated heterocycles. The lowest BCUT2D eigenvalue weighted by atomic mass is 10.0. The summed E-state index contributed by atoms with van der Waals surface area (Å²) in [5.41, 5.74) is -0.975. The number of carbonyl (C=O) groups is 1. The predicted molar refractivity (Wildman–Crippen MR) is 59.6 cm³/mol. The molecule has 0 saturated carbocycles. The molecule has 0 aromatic rings. The third-order valence-electron chi connectivity index (χ3n) is 2.29. The maximum atomic E-state index is 11.3. The van der Waals surface area contributed by atoms with Crippen molar-refractivity contribution < 1.29 is 14.6 Å². The van der Waals surface area contributed by atoms with Crippen molar-refractivity contribution in [1.82, 2.24) is 4.90 Å². The first-order valence-corrected chi connectivity index (χ1v) is 5.30. The van der Waals surface area contributed by atoms with E-state index in [1.54, 1.807) is 20.8 Å². The van der Waals surface area contributed by atoms with Gasteiger partial charge < -0.3 is 14.7 Å². The normalized spacial score (nSPS) is 14.1. The predicted octanol–water partition coefficient (Wildman–Crippen LogP) is 1.03. The average Bonchev–Trinajstić information content (AvgIpc) is 2.01. The van der Waals surface area contributed by atoms with Crippen LogP contribution in [0.3, 0.4) is 0 Å². The van der Waals surface area contributed by atoms with Crippen molar-refractivity contribution in [2.24, 2.45) is 0 Å². The average molecular weight is 217 g/mol. The number of carbonyl (C=O) groups excluding carboxylic acids is 1. The molecule has 1 atom stereocenters. The Bertz CT molecular complexity index is 196. The van der Waals surface area contributed by atoms with Crippen molar-refractivity contribution >= 4 is 5.97 Å². The quantitative estimate of drug-likeness (QED) is 0.675. The molecule has 15 heavy (non-hydrogen) atoms. The van der Waals surface area contributed by atoms with E-state index in [1.807, 2.05) is 19.0 Å². The van der Waals surface area contributed by atoms with E-state index >= 15 is 0 Å². The molecule has 0 bridgehead atoms. The van der Waals surface area contributed by atoms with Gasteiger partial charge in [-0.2, -0.15) is 0 Å². The smallest absolute Gasteiger partial charge is 0.306 e. The molecule has 0 aliphatic heterocycles. The van der Waals surface area contributed by atoms with Crippen molar-refractivity contribution in [3.8, 4) is 0 Å². The number of aliphatic hydroxyl groups is 1. The molecule has 0 aromatic carbocycles. The van der Waals surface area contributed by atoms with Crippen LogP contribution >= 0.6 is 0 Å².